The summed E-state index contributed by atoms with van der Waals surface area (Å²) >= 11 is 1.27. The van der Waals surface area contributed by atoms with Crippen molar-refractivity contribution in [1.29, 1.82) is 0 Å². The van der Waals surface area contributed by atoms with Crippen molar-refractivity contribution in [3.63, 3.8) is 0 Å². The van der Waals surface area contributed by atoms with Gasteiger partial charge in [0.2, 0.25) is 0 Å². The van der Waals surface area contributed by atoms with Crippen molar-refractivity contribution in [3.8, 4) is 10.6 Å². The van der Waals surface area contributed by atoms with Gasteiger partial charge in [0, 0.05) is 5.56 Å². The smallest absolute Gasteiger partial charge is 0.288 e. The first-order valence-corrected chi connectivity index (χ1v) is 8.59. The van der Waals surface area contributed by atoms with Gasteiger partial charge in [0.1, 0.15) is 5.01 Å². The van der Waals surface area contributed by atoms with Crippen molar-refractivity contribution >= 4 is 23.2 Å². The van der Waals surface area contributed by atoms with Crippen molar-refractivity contribution in [2.45, 2.75) is 13.1 Å². The minimum absolute atomic E-state index is 0.278. The van der Waals surface area contributed by atoms with Crippen molar-refractivity contribution in [1.82, 2.24) is 4.98 Å². The molecule has 1 heterocycles. The number of aromatic nitrogens is 1. The molecule has 2 aromatic carbocycles. The maximum atomic E-state index is 12.8. The van der Waals surface area contributed by atoms with Crippen LogP contribution < -0.4 is 0 Å². The number of hydrogen-bond donors (Lipinski definition) is 0. The monoisotopic (exact) mass is 373 g/mol. The molecule has 0 atom stereocenters. The molecule has 0 fully saturated rings. The number of aryl methyl sites for hydroxylation is 1. The average molecular weight is 373 g/mol. The van der Waals surface area contributed by atoms with E-state index in [9.17, 15) is 18.0 Å². The largest absolute Gasteiger partial charge is 0.416 e. The molecule has 0 unspecified atom stereocenters. The van der Waals surface area contributed by atoms with Crippen molar-refractivity contribution in [3.05, 3.63) is 82.4 Å². The van der Waals surface area contributed by atoms with Crippen LogP contribution in [0.1, 0.15) is 26.5 Å². The number of ketones is 1. The maximum absolute atomic E-state index is 12.8. The predicted molar refractivity (Wildman–Crippen MR) is 97.1 cm³/mol. The maximum Gasteiger partial charge on any atom is 0.416 e. The molecule has 3 rings (SSSR count). The van der Waals surface area contributed by atoms with Gasteiger partial charge in [0.25, 0.3) is 0 Å². The summed E-state index contributed by atoms with van der Waals surface area (Å²) in [6, 6.07) is 14.3. The van der Waals surface area contributed by atoms with Gasteiger partial charge in [-0.05, 0) is 30.7 Å². The highest BCUT2D eigenvalue weighted by Gasteiger charge is 2.30. The fourth-order valence-corrected chi connectivity index (χ4v) is 3.39. The lowest BCUT2D eigenvalue weighted by molar-refractivity contribution is -0.137. The molecule has 0 aliphatic heterocycles. The molecule has 132 valence electrons. The van der Waals surface area contributed by atoms with Gasteiger partial charge < -0.3 is 0 Å². The average Bonchev–Trinajstić information content (AvgIpc) is 3.02. The zero-order chi connectivity index (χ0) is 18.7. The lowest BCUT2D eigenvalue weighted by Crippen LogP contribution is -2.04. The lowest BCUT2D eigenvalue weighted by Gasteiger charge is -2.06. The Kier molecular flexibility index (Phi) is 5.04. The molecule has 0 saturated carbocycles. The summed E-state index contributed by atoms with van der Waals surface area (Å²) in [5.41, 5.74) is 1.10. The molecule has 6 heteroatoms. The summed E-state index contributed by atoms with van der Waals surface area (Å²) in [4.78, 5) is 17.3. The number of allylic oxidation sites excluding steroid dienone is 1. The van der Waals surface area contributed by atoms with Gasteiger partial charge in [-0.1, -0.05) is 48.5 Å². The van der Waals surface area contributed by atoms with E-state index in [1.54, 1.807) is 6.92 Å². The fourth-order valence-electron chi connectivity index (χ4n) is 2.40. The van der Waals surface area contributed by atoms with Crippen molar-refractivity contribution < 1.29 is 18.0 Å². The number of alkyl halides is 3. The highest BCUT2D eigenvalue weighted by atomic mass is 32.1. The molecule has 0 radical (unpaired) electrons. The summed E-state index contributed by atoms with van der Waals surface area (Å²) < 4.78 is 38.3. The number of halogens is 3. The zero-order valence-electron chi connectivity index (χ0n) is 13.7. The van der Waals surface area contributed by atoms with Crippen LogP contribution in [0.2, 0.25) is 0 Å². The standard InChI is InChI=1S/C20H14F3NOS/c1-13-18(26-19(24-13)15-7-3-2-4-8-15)17(25)11-10-14-6-5-9-16(12-14)20(21,22)23/h2-12H,1H3/b11-10+. The van der Waals surface area contributed by atoms with Crippen LogP contribution in [0.3, 0.4) is 0 Å². The Hall–Kier alpha value is -2.73. The minimum atomic E-state index is -4.41. The molecular formula is C20H14F3NOS. The summed E-state index contributed by atoms with van der Waals surface area (Å²) in [6.07, 6.45) is -1.74. The molecule has 1 aromatic heterocycles. The predicted octanol–water partition coefficient (Wildman–Crippen LogP) is 6.03. The summed E-state index contributed by atoms with van der Waals surface area (Å²) in [6.45, 7) is 1.74. The van der Waals surface area contributed by atoms with E-state index in [1.165, 1.54) is 35.6 Å². The van der Waals surface area contributed by atoms with Gasteiger partial charge in [-0.3, -0.25) is 4.79 Å². The zero-order valence-corrected chi connectivity index (χ0v) is 14.6. The van der Waals surface area contributed by atoms with E-state index in [-0.39, 0.29) is 5.78 Å². The number of rotatable bonds is 4. The second-order valence-electron chi connectivity index (χ2n) is 5.62. The van der Waals surface area contributed by atoms with Gasteiger partial charge >= 0.3 is 6.18 Å². The van der Waals surface area contributed by atoms with Crippen LogP contribution in [0.15, 0.2) is 60.7 Å². The Morgan fingerprint density at radius 2 is 1.81 bits per heavy atom. The molecule has 0 N–H and O–H groups in total. The van der Waals surface area contributed by atoms with Crippen LogP contribution >= 0.6 is 11.3 Å². The normalized spacial score (nSPS) is 11.8. The number of hydrogen-bond acceptors (Lipinski definition) is 3. The van der Waals surface area contributed by atoms with E-state index < -0.39 is 11.7 Å². The molecule has 2 nitrogen and oxygen atoms in total. The quantitative estimate of drug-likeness (QED) is 0.413. The van der Waals surface area contributed by atoms with Crippen LogP contribution in [-0.2, 0) is 6.18 Å². The van der Waals surface area contributed by atoms with E-state index >= 15 is 0 Å². The van der Waals surface area contributed by atoms with Gasteiger partial charge in [-0.25, -0.2) is 4.98 Å². The first-order chi connectivity index (χ1) is 12.3. The van der Waals surface area contributed by atoms with E-state index in [2.05, 4.69) is 4.98 Å². The molecule has 26 heavy (non-hydrogen) atoms. The first kappa shape index (κ1) is 18.1. The Labute approximate surface area is 152 Å². The fraction of sp³-hybridized carbons (Fsp3) is 0.100. The molecule has 0 saturated heterocycles. The highest BCUT2D eigenvalue weighted by Crippen LogP contribution is 2.30. The van der Waals surface area contributed by atoms with Crippen LogP contribution in [0.25, 0.3) is 16.6 Å². The molecule has 0 amide bonds. The Bertz CT molecular complexity index is 959. The van der Waals surface area contributed by atoms with Crippen LogP contribution in [0, 0.1) is 6.92 Å². The molecule has 3 aromatic rings. The third-order valence-corrected chi connectivity index (χ3v) is 4.90. The molecule has 0 aliphatic carbocycles. The number of benzene rings is 2. The second kappa shape index (κ2) is 7.25. The molecule has 0 bridgehead atoms. The van der Waals surface area contributed by atoms with Crippen LogP contribution in [0.5, 0.6) is 0 Å². The summed E-state index contributed by atoms with van der Waals surface area (Å²) in [7, 11) is 0. The van der Waals surface area contributed by atoms with Crippen molar-refractivity contribution in [2.24, 2.45) is 0 Å². The number of thiazole rings is 1. The Morgan fingerprint density at radius 1 is 1.08 bits per heavy atom. The highest BCUT2D eigenvalue weighted by molar-refractivity contribution is 7.17. The minimum Gasteiger partial charge on any atom is -0.288 e. The summed E-state index contributed by atoms with van der Waals surface area (Å²) in [5.74, 6) is -0.278. The lowest BCUT2D eigenvalue weighted by atomic mass is 10.1. The van der Waals surface area contributed by atoms with Gasteiger partial charge in [-0.2, -0.15) is 13.2 Å². The first-order valence-electron chi connectivity index (χ1n) is 7.77. The third-order valence-electron chi connectivity index (χ3n) is 3.68. The Balaban J connectivity index is 1.83. The molecular weight excluding hydrogens is 359 g/mol. The Morgan fingerprint density at radius 3 is 2.50 bits per heavy atom. The van der Waals surface area contributed by atoms with E-state index in [1.807, 2.05) is 30.3 Å². The van der Waals surface area contributed by atoms with E-state index in [0.29, 0.717) is 16.1 Å². The topological polar surface area (TPSA) is 30.0 Å². The number of nitrogens with zero attached hydrogens (tertiary/aromatic N) is 1. The van der Waals surface area contributed by atoms with Crippen LogP contribution in [-0.4, -0.2) is 10.8 Å². The van der Waals surface area contributed by atoms with Crippen LogP contribution in [0.4, 0.5) is 13.2 Å². The third kappa shape index (κ3) is 4.08. The van der Waals surface area contributed by atoms with E-state index in [0.717, 1.165) is 22.7 Å². The van der Waals surface area contributed by atoms with Gasteiger partial charge in [-0.15, -0.1) is 11.3 Å². The number of carbonyl (C=O) groups is 1. The van der Waals surface area contributed by atoms with Crippen molar-refractivity contribution in [2.75, 3.05) is 0 Å². The van der Waals surface area contributed by atoms with E-state index in [4.69, 9.17) is 0 Å². The van der Waals surface area contributed by atoms with Gasteiger partial charge in [0.15, 0.2) is 5.78 Å². The summed E-state index contributed by atoms with van der Waals surface area (Å²) in [5, 5.41) is 0.735. The molecule has 0 aliphatic rings. The number of carbonyl (C=O) groups excluding carboxylic acids is 1. The second-order valence-corrected chi connectivity index (χ2v) is 6.62. The molecule has 0 spiro atoms. The SMILES string of the molecule is Cc1nc(-c2ccccc2)sc1C(=O)/C=C/c1cccc(C(F)(F)F)c1. The van der Waals surface area contributed by atoms with Gasteiger partial charge in [0.05, 0.1) is 16.1 Å².